The van der Waals surface area contributed by atoms with Gasteiger partial charge in [-0.3, -0.25) is 14.9 Å². The number of benzene rings is 2. The van der Waals surface area contributed by atoms with E-state index in [4.69, 9.17) is 0 Å². The molecule has 26 heavy (non-hydrogen) atoms. The average molecular weight is 353 g/mol. The lowest BCUT2D eigenvalue weighted by atomic mass is 9.99. The van der Waals surface area contributed by atoms with Crippen molar-refractivity contribution in [3.8, 4) is 0 Å². The van der Waals surface area contributed by atoms with Gasteiger partial charge in [-0.2, -0.15) is 0 Å². The molecule has 0 spiro atoms. The number of nitro groups is 1. The minimum Gasteiger partial charge on any atom is -0.372 e. The predicted octanol–water partition coefficient (Wildman–Crippen LogP) is 4.01. The Bertz CT molecular complexity index is 764. The van der Waals surface area contributed by atoms with Crippen LogP contribution in [0.5, 0.6) is 0 Å². The SMILES string of the molecule is CC1CCN(c2ccc(NC(=O)Cc3ccc([N+](=O)[O-])cc3)cc2)CC1. The van der Waals surface area contributed by atoms with Crippen molar-refractivity contribution in [2.24, 2.45) is 5.92 Å². The van der Waals surface area contributed by atoms with E-state index in [9.17, 15) is 14.9 Å². The highest BCUT2D eigenvalue weighted by molar-refractivity contribution is 5.92. The van der Waals surface area contributed by atoms with E-state index in [2.05, 4.69) is 17.1 Å². The molecule has 6 nitrogen and oxygen atoms in total. The van der Waals surface area contributed by atoms with Gasteiger partial charge in [-0.15, -0.1) is 0 Å². The van der Waals surface area contributed by atoms with Gasteiger partial charge >= 0.3 is 0 Å². The second-order valence-corrected chi connectivity index (χ2v) is 6.86. The van der Waals surface area contributed by atoms with E-state index < -0.39 is 4.92 Å². The number of hydrogen-bond acceptors (Lipinski definition) is 4. The molecule has 1 amide bonds. The molecule has 1 aliphatic rings. The van der Waals surface area contributed by atoms with Crippen LogP contribution in [0.15, 0.2) is 48.5 Å². The molecule has 0 aromatic heterocycles. The van der Waals surface area contributed by atoms with Crippen molar-refractivity contribution in [2.45, 2.75) is 26.2 Å². The predicted molar refractivity (Wildman–Crippen MR) is 102 cm³/mol. The highest BCUT2D eigenvalue weighted by atomic mass is 16.6. The lowest BCUT2D eigenvalue weighted by Crippen LogP contribution is -2.32. The van der Waals surface area contributed by atoms with Crippen LogP contribution in [0.3, 0.4) is 0 Å². The van der Waals surface area contributed by atoms with Crippen LogP contribution in [0.25, 0.3) is 0 Å². The van der Waals surface area contributed by atoms with Gasteiger partial charge in [0, 0.05) is 36.6 Å². The average Bonchev–Trinajstić information content (AvgIpc) is 2.63. The van der Waals surface area contributed by atoms with Gasteiger partial charge < -0.3 is 10.2 Å². The molecular weight excluding hydrogens is 330 g/mol. The molecule has 136 valence electrons. The Morgan fingerprint density at radius 1 is 1.12 bits per heavy atom. The number of carbonyl (C=O) groups is 1. The molecule has 0 bridgehead atoms. The monoisotopic (exact) mass is 353 g/mol. The zero-order chi connectivity index (χ0) is 18.5. The summed E-state index contributed by atoms with van der Waals surface area (Å²) in [6.07, 6.45) is 2.62. The lowest BCUT2D eigenvalue weighted by molar-refractivity contribution is -0.384. The molecule has 1 heterocycles. The maximum Gasteiger partial charge on any atom is 0.269 e. The fraction of sp³-hybridized carbons (Fsp3) is 0.350. The van der Waals surface area contributed by atoms with Crippen molar-refractivity contribution in [3.63, 3.8) is 0 Å². The van der Waals surface area contributed by atoms with Crippen molar-refractivity contribution in [1.29, 1.82) is 0 Å². The van der Waals surface area contributed by atoms with E-state index in [1.807, 2.05) is 24.3 Å². The van der Waals surface area contributed by atoms with Gasteiger partial charge in [0.1, 0.15) is 0 Å². The summed E-state index contributed by atoms with van der Waals surface area (Å²) in [5.41, 5.74) is 2.71. The van der Waals surface area contributed by atoms with Gasteiger partial charge in [-0.05, 0) is 48.6 Å². The second kappa shape index (κ2) is 7.99. The van der Waals surface area contributed by atoms with Crippen LogP contribution < -0.4 is 10.2 Å². The third-order valence-corrected chi connectivity index (χ3v) is 4.81. The zero-order valence-corrected chi connectivity index (χ0v) is 14.9. The quantitative estimate of drug-likeness (QED) is 0.651. The maximum absolute atomic E-state index is 12.2. The van der Waals surface area contributed by atoms with Crippen molar-refractivity contribution >= 4 is 23.0 Å². The van der Waals surface area contributed by atoms with Crippen molar-refractivity contribution in [1.82, 2.24) is 0 Å². The summed E-state index contributed by atoms with van der Waals surface area (Å²) < 4.78 is 0. The molecule has 1 fully saturated rings. The fourth-order valence-corrected chi connectivity index (χ4v) is 3.15. The van der Waals surface area contributed by atoms with Crippen LogP contribution in [-0.4, -0.2) is 23.9 Å². The third kappa shape index (κ3) is 4.59. The maximum atomic E-state index is 12.2. The van der Waals surface area contributed by atoms with Gasteiger partial charge in [0.15, 0.2) is 0 Å². The van der Waals surface area contributed by atoms with Gasteiger partial charge in [0.25, 0.3) is 5.69 Å². The molecule has 6 heteroatoms. The van der Waals surface area contributed by atoms with E-state index in [1.54, 1.807) is 12.1 Å². The van der Waals surface area contributed by atoms with Gasteiger partial charge in [0.2, 0.25) is 5.91 Å². The molecule has 2 aromatic rings. The Balaban J connectivity index is 1.55. The number of non-ortho nitro benzene ring substituents is 1. The summed E-state index contributed by atoms with van der Waals surface area (Å²) >= 11 is 0. The van der Waals surface area contributed by atoms with Gasteiger partial charge in [-0.1, -0.05) is 19.1 Å². The first-order valence-corrected chi connectivity index (χ1v) is 8.89. The van der Waals surface area contributed by atoms with Crippen molar-refractivity contribution < 1.29 is 9.72 Å². The Kier molecular flexibility index (Phi) is 5.51. The van der Waals surface area contributed by atoms with Gasteiger partial charge in [-0.25, -0.2) is 0 Å². The van der Waals surface area contributed by atoms with Crippen molar-refractivity contribution in [2.75, 3.05) is 23.3 Å². The summed E-state index contributed by atoms with van der Waals surface area (Å²) in [5.74, 6) is 0.655. The minimum absolute atomic E-state index is 0.0249. The van der Waals surface area contributed by atoms with Crippen LogP contribution in [0, 0.1) is 16.0 Å². The highest BCUT2D eigenvalue weighted by Gasteiger charge is 2.16. The van der Waals surface area contributed by atoms with Crippen LogP contribution in [0.2, 0.25) is 0 Å². The van der Waals surface area contributed by atoms with E-state index in [0.29, 0.717) is 0 Å². The first kappa shape index (κ1) is 17.9. The van der Waals surface area contributed by atoms with Crippen LogP contribution in [-0.2, 0) is 11.2 Å². The topological polar surface area (TPSA) is 75.5 Å². The third-order valence-electron chi connectivity index (χ3n) is 4.81. The summed E-state index contributed by atoms with van der Waals surface area (Å²) in [7, 11) is 0. The second-order valence-electron chi connectivity index (χ2n) is 6.86. The van der Waals surface area contributed by atoms with E-state index in [1.165, 1.54) is 30.7 Å². The number of anilines is 2. The Hall–Kier alpha value is -2.89. The van der Waals surface area contributed by atoms with Crippen LogP contribution in [0.4, 0.5) is 17.1 Å². The number of hydrogen-bond donors (Lipinski definition) is 1. The van der Waals surface area contributed by atoms with E-state index in [-0.39, 0.29) is 18.0 Å². The number of nitrogens with one attached hydrogen (secondary N) is 1. The summed E-state index contributed by atoms with van der Waals surface area (Å²) in [5, 5.41) is 13.5. The molecule has 1 N–H and O–H groups in total. The number of nitrogens with zero attached hydrogens (tertiary/aromatic N) is 2. The normalized spacial score (nSPS) is 14.9. The molecule has 0 atom stereocenters. The molecule has 0 radical (unpaired) electrons. The largest absolute Gasteiger partial charge is 0.372 e. The molecule has 3 rings (SSSR count). The number of rotatable bonds is 5. The van der Waals surface area contributed by atoms with Crippen LogP contribution in [0.1, 0.15) is 25.3 Å². The van der Waals surface area contributed by atoms with E-state index >= 15 is 0 Å². The summed E-state index contributed by atoms with van der Waals surface area (Å²) in [6, 6.07) is 14.0. The van der Waals surface area contributed by atoms with Crippen molar-refractivity contribution in [3.05, 3.63) is 64.2 Å². The summed E-state index contributed by atoms with van der Waals surface area (Å²) in [4.78, 5) is 24.8. The lowest BCUT2D eigenvalue weighted by Gasteiger charge is -2.32. The highest BCUT2D eigenvalue weighted by Crippen LogP contribution is 2.24. The molecule has 1 saturated heterocycles. The van der Waals surface area contributed by atoms with Crippen LogP contribution >= 0.6 is 0 Å². The molecule has 0 saturated carbocycles. The number of piperidine rings is 1. The minimum atomic E-state index is -0.450. The zero-order valence-electron chi connectivity index (χ0n) is 14.9. The molecule has 0 aliphatic carbocycles. The first-order valence-electron chi connectivity index (χ1n) is 8.89. The molecule has 0 unspecified atom stereocenters. The standard InChI is InChI=1S/C20H23N3O3/c1-15-10-12-22(13-11-15)18-8-4-17(5-9-18)21-20(24)14-16-2-6-19(7-3-16)23(25)26/h2-9,15H,10-14H2,1H3,(H,21,24). The Morgan fingerprint density at radius 3 is 2.31 bits per heavy atom. The Labute approximate surface area is 153 Å². The molecule has 1 aliphatic heterocycles. The van der Waals surface area contributed by atoms with Gasteiger partial charge in [0.05, 0.1) is 11.3 Å². The number of carbonyl (C=O) groups excluding carboxylic acids is 1. The number of nitro benzene ring substituents is 1. The first-order chi connectivity index (χ1) is 12.5. The Morgan fingerprint density at radius 2 is 1.73 bits per heavy atom. The molecule has 2 aromatic carbocycles. The summed E-state index contributed by atoms with van der Waals surface area (Å²) in [6.45, 7) is 4.45. The fourth-order valence-electron chi connectivity index (χ4n) is 3.15. The molecular formula is C20H23N3O3. The number of amides is 1. The van der Waals surface area contributed by atoms with E-state index in [0.717, 1.165) is 30.3 Å². The smallest absolute Gasteiger partial charge is 0.269 e.